The predicted molar refractivity (Wildman–Crippen MR) is 72.2 cm³/mol. The van der Waals surface area contributed by atoms with Crippen LogP contribution in [0.3, 0.4) is 0 Å². The van der Waals surface area contributed by atoms with Gasteiger partial charge in [-0.1, -0.05) is 6.42 Å². The van der Waals surface area contributed by atoms with Crippen LogP contribution in [0, 0.1) is 11.6 Å². The Kier molecular flexibility index (Phi) is 3.27. The minimum Gasteiger partial charge on any atom is -0.361 e. The summed E-state index contributed by atoms with van der Waals surface area (Å²) in [7, 11) is 2.14. The number of aromatic amines is 1. The summed E-state index contributed by atoms with van der Waals surface area (Å²) in [4.78, 5) is 5.38. The molecule has 2 aromatic rings. The van der Waals surface area contributed by atoms with Gasteiger partial charge in [-0.05, 0) is 37.9 Å². The van der Waals surface area contributed by atoms with Crippen molar-refractivity contribution in [3.05, 3.63) is 35.5 Å². The quantitative estimate of drug-likeness (QED) is 0.896. The maximum atomic E-state index is 13.3. The lowest BCUT2D eigenvalue weighted by molar-refractivity contribution is 0.161. The van der Waals surface area contributed by atoms with Crippen LogP contribution in [-0.4, -0.2) is 29.5 Å². The molecule has 0 amide bonds. The van der Waals surface area contributed by atoms with Gasteiger partial charge in [-0.2, -0.15) is 0 Å². The Morgan fingerprint density at radius 1 is 1.26 bits per heavy atom. The largest absolute Gasteiger partial charge is 0.361 e. The molecule has 19 heavy (non-hydrogen) atoms. The number of nitrogens with zero attached hydrogens (tertiary/aromatic N) is 1. The van der Waals surface area contributed by atoms with Gasteiger partial charge in [0.1, 0.15) is 0 Å². The molecule has 0 radical (unpaired) electrons. The van der Waals surface area contributed by atoms with Crippen molar-refractivity contribution >= 4 is 10.9 Å². The van der Waals surface area contributed by atoms with Gasteiger partial charge in [0.2, 0.25) is 0 Å². The number of fused-ring (bicyclic) bond motifs is 1. The first-order chi connectivity index (χ1) is 9.15. The van der Waals surface area contributed by atoms with Crippen LogP contribution in [0.25, 0.3) is 10.9 Å². The molecule has 3 rings (SSSR count). The fraction of sp³-hybridized carbons (Fsp3) is 0.467. The summed E-state index contributed by atoms with van der Waals surface area (Å²) in [6.45, 7) is 0.955. The highest BCUT2D eigenvalue weighted by atomic mass is 19.2. The predicted octanol–water partition coefficient (Wildman–Crippen LogP) is 3.47. The van der Waals surface area contributed by atoms with Gasteiger partial charge in [0.25, 0.3) is 0 Å². The van der Waals surface area contributed by atoms with E-state index < -0.39 is 11.6 Å². The minimum atomic E-state index is -0.799. The molecule has 1 saturated carbocycles. The van der Waals surface area contributed by atoms with Gasteiger partial charge < -0.3 is 9.88 Å². The molecule has 1 aromatic heterocycles. The van der Waals surface area contributed by atoms with Gasteiger partial charge >= 0.3 is 0 Å². The standard InChI is InChI=1S/C15H18F2N2/c1-19(11-3-2-4-11)6-5-10-9-18-15-8-14(17)13(16)7-12(10)15/h7-9,11,18H,2-6H2,1H3. The van der Waals surface area contributed by atoms with Crippen LogP contribution >= 0.6 is 0 Å². The number of halogens is 2. The molecule has 0 unspecified atom stereocenters. The summed E-state index contributed by atoms with van der Waals surface area (Å²) in [5.74, 6) is -1.58. The third-order valence-corrected chi connectivity index (χ3v) is 4.24. The molecular weight excluding hydrogens is 246 g/mol. The van der Waals surface area contributed by atoms with Crippen LogP contribution in [0.4, 0.5) is 8.78 Å². The van der Waals surface area contributed by atoms with Crippen LogP contribution in [-0.2, 0) is 6.42 Å². The molecule has 2 nitrogen and oxygen atoms in total. The summed E-state index contributed by atoms with van der Waals surface area (Å²) in [5.41, 5.74) is 1.72. The van der Waals surface area contributed by atoms with Gasteiger partial charge in [-0.3, -0.25) is 0 Å². The van der Waals surface area contributed by atoms with Crippen molar-refractivity contribution in [1.29, 1.82) is 0 Å². The van der Waals surface area contributed by atoms with E-state index in [-0.39, 0.29) is 0 Å². The maximum absolute atomic E-state index is 13.3. The molecule has 1 N–H and O–H groups in total. The molecule has 1 aromatic carbocycles. The van der Waals surface area contributed by atoms with Gasteiger partial charge in [0, 0.05) is 35.8 Å². The number of rotatable bonds is 4. The zero-order valence-corrected chi connectivity index (χ0v) is 11.0. The van der Waals surface area contributed by atoms with Crippen molar-refractivity contribution in [3.63, 3.8) is 0 Å². The second kappa shape index (κ2) is 4.93. The average Bonchev–Trinajstić information content (AvgIpc) is 2.67. The number of benzene rings is 1. The number of aromatic nitrogens is 1. The summed E-state index contributed by atoms with van der Waals surface area (Å²) in [6.07, 6.45) is 6.61. The van der Waals surface area contributed by atoms with Crippen molar-refractivity contribution in [2.75, 3.05) is 13.6 Å². The van der Waals surface area contributed by atoms with Crippen LogP contribution < -0.4 is 0 Å². The number of likely N-dealkylation sites (N-methyl/N-ethyl adjacent to an activating group) is 1. The van der Waals surface area contributed by atoms with E-state index in [1.165, 1.54) is 31.4 Å². The maximum Gasteiger partial charge on any atom is 0.160 e. The van der Waals surface area contributed by atoms with E-state index in [1.54, 1.807) is 0 Å². The van der Waals surface area contributed by atoms with Crippen LogP contribution in [0.2, 0.25) is 0 Å². The third kappa shape index (κ3) is 2.37. The fourth-order valence-electron chi connectivity index (χ4n) is 2.69. The van der Waals surface area contributed by atoms with E-state index in [4.69, 9.17) is 0 Å². The van der Waals surface area contributed by atoms with Crippen LogP contribution in [0.5, 0.6) is 0 Å². The Labute approximate surface area is 111 Å². The second-order valence-corrected chi connectivity index (χ2v) is 5.44. The highest BCUT2D eigenvalue weighted by molar-refractivity contribution is 5.83. The minimum absolute atomic E-state index is 0.667. The number of hydrogen-bond acceptors (Lipinski definition) is 1. The molecule has 0 aliphatic heterocycles. The summed E-state index contributed by atoms with van der Waals surface area (Å²) < 4.78 is 26.4. The Morgan fingerprint density at radius 2 is 2.00 bits per heavy atom. The van der Waals surface area contributed by atoms with Crippen molar-refractivity contribution in [2.24, 2.45) is 0 Å². The molecule has 1 fully saturated rings. The van der Waals surface area contributed by atoms with E-state index in [0.717, 1.165) is 23.9 Å². The first-order valence-electron chi connectivity index (χ1n) is 6.80. The number of hydrogen-bond donors (Lipinski definition) is 1. The summed E-state index contributed by atoms with van der Waals surface area (Å²) >= 11 is 0. The zero-order chi connectivity index (χ0) is 13.4. The molecule has 0 saturated heterocycles. The highest BCUT2D eigenvalue weighted by Gasteiger charge is 2.21. The lowest BCUT2D eigenvalue weighted by atomic mass is 9.91. The Morgan fingerprint density at radius 3 is 2.68 bits per heavy atom. The molecule has 0 bridgehead atoms. The highest BCUT2D eigenvalue weighted by Crippen LogP contribution is 2.25. The molecule has 1 aliphatic rings. The number of nitrogens with one attached hydrogen (secondary N) is 1. The van der Waals surface area contributed by atoms with Crippen molar-refractivity contribution in [3.8, 4) is 0 Å². The van der Waals surface area contributed by atoms with E-state index in [1.807, 2.05) is 6.20 Å². The van der Waals surface area contributed by atoms with Gasteiger partial charge in [-0.15, -0.1) is 0 Å². The van der Waals surface area contributed by atoms with Gasteiger partial charge in [-0.25, -0.2) is 8.78 Å². The van der Waals surface area contributed by atoms with Crippen molar-refractivity contribution < 1.29 is 8.78 Å². The van der Waals surface area contributed by atoms with E-state index in [9.17, 15) is 8.78 Å². The van der Waals surface area contributed by atoms with E-state index in [2.05, 4.69) is 16.9 Å². The van der Waals surface area contributed by atoms with Crippen molar-refractivity contribution in [1.82, 2.24) is 9.88 Å². The molecule has 0 atom stereocenters. The van der Waals surface area contributed by atoms with Gasteiger partial charge in [0.05, 0.1) is 0 Å². The smallest absolute Gasteiger partial charge is 0.160 e. The van der Waals surface area contributed by atoms with Crippen LogP contribution in [0.15, 0.2) is 18.3 Å². The molecule has 4 heteroatoms. The summed E-state index contributed by atoms with van der Waals surface area (Å²) in [5, 5.41) is 0.793. The molecule has 1 aliphatic carbocycles. The molecule has 0 spiro atoms. The normalized spacial score (nSPS) is 16.2. The Hall–Kier alpha value is -1.42. The topological polar surface area (TPSA) is 19.0 Å². The summed E-state index contributed by atoms with van der Waals surface area (Å²) in [6, 6.07) is 3.23. The van der Waals surface area contributed by atoms with E-state index >= 15 is 0 Å². The Bertz CT molecular complexity index is 587. The first-order valence-corrected chi connectivity index (χ1v) is 6.80. The lowest BCUT2D eigenvalue weighted by Crippen LogP contribution is -2.38. The second-order valence-electron chi connectivity index (χ2n) is 5.44. The SMILES string of the molecule is CN(CCc1c[nH]c2cc(F)c(F)cc12)C1CCC1. The fourth-order valence-corrected chi connectivity index (χ4v) is 2.69. The molecule has 102 valence electrons. The average molecular weight is 264 g/mol. The van der Waals surface area contributed by atoms with Crippen LogP contribution in [0.1, 0.15) is 24.8 Å². The Balaban J connectivity index is 1.75. The number of H-pyrrole nitrogens is 1. The third-order valence-electron chi connectivity index (χ3n) is 4.24. The molecule has 1 heterocycles. The first kappa shape index (κ1) is 12.6. The zero-order valence-electron chi connectivity index (χ0n) is 11.0. The molecular formula is C15H18F2N2. The van der Waals surface area contributed by atoms with Crippen molar-refractivity contribution in [2.45, 2.75) is 31.7 Å². The van der Waals surface area contributed by atoms with E-state index in [0.29, 0.717) is 11.6 Å². The monoisotopic (exact) mass is 264 g/mol. The lowest BCUT2D eigenvalue weighted by Gasteiger charge is -2.34. The van der Waals surface area contributed by atoms with Gasteiger partial charge in [0.15, 0.2) is 11.6 Å².